The van der Waals surface area contributed by atoms with Gasteiger partial charge in [0.15, 0.2) is 0 Å². The van der Waals surface area contributed by atoms with E-state index in [1.54, 1.807) is 19.1 Å². The average molecular weight is 264 g/mol. The monoisotopic (exact) mass is 264 g/mol. The van der Waals surface area contributed by atoms with Crippen LogP contribution in [0.4, 0.5) is 14.9 Å². The van der Waals surface area contributed by atoms with E-state index in [0.29, 0.717) is 23.2 Å². The number of carbonyl (C=O) groups is 1. The molecule has 0 heterocycles. The number of nitrogens with one attached hydrogen (secondary N) is 1. The van der Waals surface area contributed by atoms with Gasteiger partial charge in [0.05, 0.1) is 0 Å². The third-order valence-electron chi connectivity index (χ3n) is 3.23. The predicted octanol–water partition coefficient (Wildman–Crippen LogP) is 3.79. The van der Waals surface area contributed by atoms with Crippen molar-refractivity contribution in [1.82, 2.24) is 4.90 Å². The normalized spacial score (nSPS) is 14.6. The first-order valence-corrected chi connectivity index (χ1v) is 6.81. The number of hydrogen-bond donors (Lipinski definition) is 1. The smallest absolute Gasteiger partial charge is 0.321 e. The minimum atomic E-state index is -0.292. The third-order valence-corrected chi connectivity index (χ3v) is 3.23. The molecule has 2 rings (SSSR count). The summed E-state index contributed by atoms with van der Waals surface area (Å²) in [6.45, 7) is 6.63. The second kappa shape index (κ2) is 5.59. The zero-order valence-corrected chi connectivity index (χ0v) is 11.7. The summed E-state index contributed by atoms with van der Waals surface area (Å²) in [6.07, 6.45) is 2.14. The van der Waals surface area contributed by atoms with Crippen LogP contribution in [-0.4, -0.2) is 23.5 Å². The van der Waals surface area contributed by atoms with Gasteiger partial charge in [0.2, 0.25) is 0 Å². The topological polar surface area (TPSA) is 32.3 Å². The van der Waals surface area contributed by atoms with Gasteiger partial charge in [-0.25, -0.2) is 9.18 Å². The first-order chi connectivity index (χ1) is 8.97. The Kier molecular flexibility index (Phi) is 4.08. The number of anilines is 1. The molecule has 0 aromatic heterocycles. The molecule has 1 fully saturated rings. The van der Waals surface area contributed by atoms with Crippen molar-refractivity contribution in [3.63, 3.8) is 0 Å². The van der Waals surface area contributed by atoms with Crippen LogP contribution in [0.25, 0.3) is 0 Å². The molecule has 0 spiro atoms. The van der Waals surface area contributed by atoms with Gasteiger partial charge in [0.25, 0.3) is 0 Å². The molecule has 0 atom stereocenters. The molecule has 1 N–H and O–H groups in total. The van der Waals surface area contributed by atoms with Gasteiger partial charge in [-0.1, -0.05) is 19.9 Å². The van der Waals surface area contributed by atoms with Gasteiger partial charge in [-0.05, 0) is 43.4 Å². The van der Waals surface area contributed by atoms with E-state index < -0.39 is 0 Å². The molecule has 1 saturated carbocycles. The highest BCUT2D eigenvalue weighted by molar-refractivity contribution is 5.89. The highest BCUT2D eigenvalue weighted by Gasteiger charge is 2.32. The van der Waals surface area contributed by atoms with E-state index >= 15 is 0 Å². The summed E-state index contributed by atoms with van der Waals surface area (Å²) < 4.78 is 13.4. The Morgan fingerprint density at radius 1 is 1.47 bits per heavy atom. The number of nitrogens with zero attached hydrogens (tertiary/aromatic N) is 1. The zero-order chi connectivity index (χ0) is 14.0. The van der Waals surface area contributed by atoms with Crippen LogP contribution in [0, 0.1) is 18.7 Å². The van der Waals surface area contributed by atoms with E-state index in [4.69, 9.17) is 0 Å². The highest BCUT2D eigenvalue weighted by Crippen LogP contribution is 2.28. The van der Waals surface area contributed by atoms with E-state index in [2.05, 4.69) is 19.2 Å². The van der Waals surface area contributed by atoms with Gasteiger partial charge in [-0.3, -0.25) is 0 Å². The molecule has 1 aliphatic rings. The van der Waals surface area contributed by atoms with Gasteiger partial charge in [0.1, 0.15) is 5.82 Å². The number of urea groups is 1. The fraction of sp³-hybridized carbons (Fsp3) is 0.533. The van der Waals surface area contributed by atoms with Crippen molar-refractivity contribution in [3.05, 3.63) is 29.6 Å². The van der Waals surface area contributed by atoms with Gasteiger partial charge in [-0.2, -0.15) is 0 Å². The summed E-state index contributed by atoms with van der Waals surface area (Å²) in [5.41, 5.74) is 1.10. The Morgan fingerprint density at radius 3 is 2.68 bits per heavy atom. The summed E-state index contributed by atoms with van der Waals surface area (Å²) in [5, 5.41) is 2.78. The molecule has 1 aromatic rings. The molecule has 104 valence electrons. The second-order valence-corrected chi connectivity index (χ2v) is 5.67. The first kappa shape index (κ1) is 13.8. The molecule has 0 bridgehead atoms. The Balaban J connectivity index is 2.03. The van der Waals surface area contributed by atoms with Crippen molar-refractivity contribution in [2.24, 2.45) is 5.92 Å². The van der Waals surface area contributed by atoms with Crippen molar-refractivity contribution in [1.29, 1.82) is 0 Å². The molecule has 0 saturated heterocycles. The van der Waals surface area contributed by atoms with Crippen LogP contribution in [0.1, 0.15) is 32.3 Å². The number of benzene rings is 1. The molecule has 2 amide bonds. The molecule has 0 radical (unpaired) electrons. The molecule has 1 aliphatic carbocycles. The molecular weight excluding hydrogens is 243 g/mol. The molecule has 3 nitrogen and oxygen atoms in total. The molecular formula is C15H21FN2O. The number of halogens is 1. The summed E-state index contributed by atoms with van der Waals surface area (Å²) in [5.74, 6) is 0.140. The zero-order valence-electron chi connectivity index (χ0n) is 11.7. The molecule has 1 aromatic carbocycles. The van der Waals surface area contributed by atoms with Crippen LogP contribution in [0.2, 0.25) is 0 Å². The van der Waals surface area contributed by atoms with Crippen molar-refractivity contribution >= 4 is 11.7 Å². The Labute approximate surface area is 113 Å². The molecule has 0 aliphatic heterocycles. The fourth-order valence-electron chi connectivity index (χ4n) is 2.04. The summed E-state index contributed by atoms with van der Waals surface area (Å²) in [4.78, 5) is 14.1. The minimum absolute atomic E-state index is 0.126. The van der Waals surface area contributed by atoms with Crippen LogP contribution in [0.3, 0.4) is 0 Å². The standard InChI is InChI=1S/C15H21FN2O/c1-10(2)9-18(13-6-7-13)15(19)17-12-5-4-11(3)14(16)8-12/h4-5,8,10,13H,6-7,9H2,1-3H3,(H,17,19). The lowest BCUT2D eigenvalue weighted by molar-refractivity contribution is 0.201. The lowest BCUT2D eigenvalue weighted by atomic mass is 10.2. The van der Waals surface area contributed by atoms with Crippen LogP contribution in [0.15, 0.2) is 18.2 Å². The number of aryl methyl sites for hydroxylation is 1. The van der Waals surface area contributed by atoms with Crippen LogP contribution < -0.4 is 5.32 Å². The van der Waals surface area contributed by atoms with Crippen molar-refractivity contribution in [2.75, 3.05) is 11.9 Å². The van der Waals surface area contributed by atoms with E-state index in [1.165, 1.54) is 6.07 Å². The van der Waals surface area contributed by atoms with Crippen molar-refractivity contribution < 1.29 is 9.18 Å². The maximum absolute atomic E-state index is 13.4. The van der Waals surface area contributed by atoms with Crippen LogP contribution in [0.5, 0.6) is 0 Å². The van der Waals surface area contributed by atoms with Gasteiger partial charge in [0, 0.05) is 18.3 Å². The number of amides is 2. The van der Waals surface area contributed by atoms with Gasteiger partial charge in [-0.15, -0.1) is 0 Å². The maximum atomic E-state index is 13.4. The number of hydrogen-bond acceptors (Lipinski definition) is 1. The number of rotatable bonds is 4. The fourth-order valence-corrected chi connectivity index (χ4v) is 2.04. The van der Waals surface area contributed by atoms with Crippen LogP contribution >= 0.6 is 0 Å². The quantitative estimate of drug-likeness (QED) is 0.881. The van der Waals surface area contributed by atoms with E-state index in [-0.39, 0.29) is 11.8 Å². The number of carbonyl (C=O) groups excluding carboxylic acids is 1. The maximum Gasteiger partial charge on any atom is 0.322 e. The molecule has 19 heavy (non-hydrogen) atoms. The predicted molar refractivity (Wildman–Crippen MR) is 74.7 cm³/mol. The largest absolute Gasteiger partial charge is 0.322 e. The van der Waals surface area contributed by atoms with Gasteiger partial charge >= 0.3 is 6.03 Å². The van der Waals surface area contributed by atoms with Gasteiger partial charge < -0.3 is 10.2 Å². The highest BCUT2D eigenvalue weighted by atomic mass is 19.1. The second-order valence-electron chi connectivity index (χ2n) is 5.67. The summed E-state index contributed by atoms with van der Waals surface area (Å²) in [6, 6.07) is 5.01. The van der Waals surface area contributed by atoms with Crippen molar-refractivity contribution in [2.45, 2.75) is 39.7 Å². The van der Waals surface area contributed by atoms with E-state index in [1.807, 2.05) is 4.90 Å². The van der Waals surface area contributed by atoms with E-state index in [9.17, 15) is 9.18 Å². The van der Waals surface area contributed by atoms with Crippen molar-refractivity contribution in [3.8, 4) is 0 Å². The Bertz CT molecular complexity index is 469. The summed E-state index contributed by atoms with van der Waals surface area (Å²) in [7, 11) is 0. The van der Waals surface area contributed by atoms with E-state index in [0.717, 1.165) is 19.4 Å². The first-order valence-electron chi connectivity index (χ1n) is 6.81. The average Bonchev–Trinajstić information content (AvgIpc) is 3.14. The Morgan fingerprint density at radius 2 is 2.16 bits per heavy atom. The lowest BCUT2D eigenvalue weighted by Gasteiger charge is -2.24. The molecule has 4 heteroatoms. The molecule has 0 unspecified atom stereocenters. The Hall–Kier alpha value is -1.58. The lowest BCUT2D eigenvalue weighted by Crippen LogP contribution is -2.39. The van der Waals surface area contributed by atoms with Crippen LogP contribution in [-0.2, 0) is 0 Å². The SMILES string of the molecule is Cc1ccc(NC(=O)N(CC(C)C)C2CC2)cc1F. The minimum Gasteiger partial charge on any atom is -0.321 e. The third kappa shape index (κ3) is 3.69. The summed E-state index contributed by atoms with van der Waals surface area (Å²) >= 11 is 0.